The summed E-state index contributed by atoms with van der Waals surface area (Å²) in [5.41, 5.74) is 4.33. The van der Waals surface area contributed by atoms with Crippen molar-refractivity contribution in [3.05, 3.63) is 59.2 Å². The number of thioether (sulfide) groups is 1. The molecule has 3 rings (SSSR count). The highest BCUT2D eigenvalue weighted by molar-refractivity contribution is 8.00. The number of benzene rings is 2. The molecule has 0 aliphatic rings. The fourth-order valence-corrected chi connectivity index (χ4v) is 3.49. The van der Waals surface area contributed by atoms with E-state index in [1.165, 1.54) is 18.7 Å². The number of carbonyl (C=O) groups excluding carboxylic acids is 2. The number of tetrazole rings is 1. The summed E-state index contributed by atoms with van der Waals surface area (Å²) in [7, 11) is 0. The molecule has 0 spiro atoms. The predicted molar refractivity (Wildman–Crippen MR) is 109 cm³/mol. The lowest BCUT2D eigenvalue weighted by atomic mass is 10.1. The minimum absolute atomic E-state index is 0.0139. The van der Waals surface area contributed by atoms with Crippen LogP contribution >= 0.6 is 11.8 Å². The van der Waals surface area contributed by atoms with Crippen molar-refractivity contribution < 1.29 is 9.59 Å². The van der Waals surface area contributed by atoms with E-state index >= 15 is 0 Å². The lowest BCUT2D eigenvalue weighted by molar-refractivity contribution is -0.115. The standard InChI is InChI=1S/C20H21N5O2S/c1-12-5-10-18(13(2)11-12)25-20(22-23-24-25)28-15(4)19(27)21-17-8-6-16(7-9-17)14(3)26/h5-11,15H,1-4H3,(H,21,27). The number of aryl methyl sites for hydroxylation is 2. The molecule has 0 radical (unpaired) electrons. The van der Waals surface area contributed by atoms with Gasteiger partial charge in [0.2, 0.25) is 11.1 Å². The number of hydrogen-bond donors (Lipinski definition) is 1. The van der Waals surface area contributed by atoms with Crippen molar-refractivity contribution in [3.63, 3.8) is 0 Å². The molecule has 7 nitrogen and oxygen atoms in total. The van der Waals surface area contributed by atoms with Crippen LogP contribution in [-0.2, 0) is 4.79 Å². The van der Waals surface area contributed by atoms with Crippen LogP contribution in [-0.4, -0.2) is 37.1 Å². The summed E-state index contributed by atoms with van der Waals surface area (Å²) in [5, 5.41) is 14.9. The Morgan fingerprint density at radius 2 is 1.82 bits per heavy atom. The van der Waals surface area contributed by atoms with Crippen molar-refractivity contribution in [3.8, 4) is 5.69 Å². The highest BCUT2D eigenvalue weighted by Gasteiger charge is 2.20. The van der Waals surface area contributed by atoms with E-state index in [4.69, 9.17) is 0 Å². The minimum Gasteiger partial charge on any atom is -0.325 e. The van der Waals surface area contributed by atoms with E-state index in [2.05, 4.69) is 26.9 Å². The molecule has 1 heterocycles. The first-order valence-electron chi connectivity index (χ1n) is 8.79. The Labute approximate surface area is 167 Å². The lowest BCUT2D eigenvalue weighted by Crippen LogP contribution is -2.23. The quantitative estimate of drug-likeness (QED) is 0.507. The molecule has 1 amide bonds. The topological polar surface area (TPSA) is 89.8 Å². The fourth-order valence-electron chi connectivity index (χ4n) is 2.69. The van der Waals surface area contributed by atoms with Gasteiger partial charge in [-0.15, -0.1) is 5.10 Å². The van der Waals surface area contributed by atoms with E-state index in [-0.39, 0.29) is 11.7 Å². The van der Waals surface area contributed by atoms with Gasteiger partial charge in [0, 0.05) is 11.3 Å². The van der Waals surface area contributed by atoms with Gasteiger partial charge in [-0.1, -0.05) is 29.5 Å². The van der Waals surface area contributed by atoms with Crippen molar-refractivity contribution in [1.29, 1.82) is 0 Å². The molecule has 28 heavy (non-hydrogen) atoms. The monoisotopic (exact) mass is 395 g/mol. The zero-order valence-corrected chi connectivity index (χ0v) is 16.9. The predicted octanol–water partition coefficient (Wildman–Crippen LogP) is 3.60. The molecule has 0 saturated heterocycles. The second-order valence-corrected chi connectivity index (χ2v) is 7.85. The minimum atomic E-state index is -0.414. The average molecular weight is 395 g/mol. The molecule has 144 valence electrons. The van der Waals surface area contributed by atoms with Gasteiger partial charge in [-0.2, -0.15) is 4.68 Å². The molecular formula is C20H21N5O2S. The number of nitrogens with zero attached hydrogens (tertiary/aromatic N) is 4. The number of rotatable bonds is 6. The van der Waals surface area contributed by atoms with Gasteiger partial charge >= 0.3 is 0 Å². The molecule has 0 aliphatic heterocycles. The van der Waals surface area contributed by atoms with E-state index in [1.807, 2.05) is 26.0 Å². The Kier molecular flexibility index (Phi) is 5.89. The lowest BCUT2D eigenvalue weighted by Gasteiger charge is -2.13. The van der Waals surface area contributed by atoms with Gasteiger partial charge in [0.1, 0.15) is 0 Å². The molecule has 3 aromatic rings. The Morgan fingerprint density at radius 3 is 2.46 bits per heavy atom. The number of ketones is 1. The first kappa shape index (κ1) is 19.8. The normalized spacial score (nSPS) is 11.9. The van der Waals surface area contributed by atoms with Crippen molar-refractivity contribution in [2.45, 2.75) is 38.1 Å². The fraction of sp³-hybridized carbons (Fsp3) is 0.250. The molecule has 2 aromatic carbocycles. The van der Waals surface area contributed by atoms with Crippen molar-refractivity contribution in [2.75, 3.05) is 5.32 Å². The Morgan fingerprint density at radius 1 is 1.11 bits per heavy atom. The summed E-state index contributed by atoms with van der Waals surface area (Å²) in [6.45, 7) is 7.33. The summed E-state index contributed by atoms with van der Waals surface area (Å²) >= 11 is 1.28. The average Bonchev–Trinajstić information content (AvgIpc) is 3.10. The van der Waals surface area contributed by atoms with Gasteiger partial charge in [-0.25, -0.2) is 0 Å². The number of nitrogens with one attached hydrogen (secondary N) is 1. The molecular weight excluding hydrogens is 374 g/mol. The van der Waals surface area contributed by atoms with Crippen LogP contribution in [0.5, 0.6) is 0 Å². The van der Waals surface area contributed by atoms with E-state index in [1.54, 1.807) is 35.9 Å². The maximum atomic E-state index is 12.5. The third-order valence-corrected chi connectivity index (χ3v) is 5.26. The number of amides is 1. The second kappa shape index (κ2) is 8.35. The van der Waals surface area contributed by atoms with Gasteiger partial charge in [0.15, 0.2) is 5.78 Å². The zero-order valence-electron chi connectivity index (χ0n) is 16.1. The Bertz CT molecular complexity index is 1010. The maximum Gasteiger partial charge on any atom is 0.237 e. The number of carbonyl (C=O) groups is 2. The van der Waals surface area contributed by atoms with Crippen molar-refractivity contribution in [2.24, 2.45) is 0 Å². The highest BCUT2D eigenvalue weighted by Crippen LogP contribution is 2.25. The maximum absolute atomic E-state index is 12.5. The van der Waals surface area contributed by atoms with Crippen LogP contribution < -0.4 is 5.32 Å². The summed E-state index contributed by atoms with van der Waals surface area (Å²) < 4.78 is 1.64. The molecule has 8 heteroatoms. The third-order valence-electron chi connectivity index (χ3n) is 4.23. The van der Waals surface area contributed by atoms with Crippen LogP contribution in [0.4, 0.5) is 5.69 Å². The van der Waals surface area contributed by atoms with Crippen LogP contribution in [0.3, 0.4) is 0 Å². The number of Topliss-reactive ketones (excluding diaryl/α,β-unsaturated/α-hetero) is 1. The summed E-state index contributed by atoms with van der Waals surface area (Å²) in [5.74, 6) is -0.184. The van der Waals surface area contributed by atoms with E-state index in [0.29, 0.717) is 16.4 Å². The van der Waals surface area contributed by atoms with Crippen LogP contribution in [0.25, 0.3) is 5.69 Å². The van der Waals surface area contributed by atoms with Crippen molar-refractivity contribution >= 4 is 29.1 Å². The molecule has 0 bridgehead atoms. The molecule has 0 aliphatic carbocycles. The van der Waals surface area contributed by atoms with Crippen LogP contribution in [0.15, 0.2) is 47.6 Å². The summed E-state index contributed by atoms with van der Waals surface area (Å²) in [6.07, 6.45) is 0. The van der Waals surface area contributed by atoms with Crippen LogP contribution in [0, 0.1) is 13.8 Å². The largest absolute Gasteiger partial charge is 0.325 e. The SMILES string of the molecule is CC(=O)c1ccc(NC(=O)C(C)Sc2nnnn2-c2ccc(C)cc2C)cc1. The number of hydrogen-bond acceptors (Lipinski definition) is 6. The summed E-state index contributed by atoms with van der Waals surface area (Å²) in [4.78, 5) is 23.9. The van der Waals surface area contributed by atoms with Crippen LogP contribution in [0.2, 0.25) is 0 Å². The van der Waals surface area contributed by atoms with E-state index in [9.17, 15) is 9.59 Å². The molecule has 1 aromatic heterocycles. The molecule has 1 atom stereocenters. The summed E-state index contributed by atoms with van der Waals surface area (Å²) in [6, 6.07) is 12.8. The van der Waals surface area contributed by atoms with Gasteiger partial charge < -0.3 is 5.32 Å². The number of anilines is 1. The van der Waals surface area contributed by atoms with E-state index < -0.39 is 5.25 Å². The highest BCUT2D eigenvalue weighted by atomic mass is 32.2. The van der Waals surface area contributed by atoms with Gasteiger partial charge in [-0.05, 0) is 74.0 Å². The zero-order chi connectivity index (χ0) is 20.3. The first-order chi connectivity index (χ1) is 13.3. The Hall–Kier alpha value is -3.00. The van der Waals surface area contributed by atoms with E-state index in [0.717, 1.165) is 16.8 Å². The third kappa shape index (κ3) is 4.45. The molecule has 1 unspecified atom stereocenters. The molecule has 1 N–H and O–H groups in total. The smallest absolute Gasteiger partial charge is 0.237 e. The van der Waals surface area contributed by atoms with Gasteiger partial charge in [0.05, 0.1) is 10.9 Å². The van der Waals surface area contributed by atoms with Gasteiger partial charge in [-0.3, -0.25) is 9.59 Å². The first-order valence-corrected chi connectivity index (χ1v) is 9.67. The number of aromatic nitrogens is 4. The Balaban J connectivity index is 1.71. The van der Waals surface area contributed by atoms with Crippen molar-refractivity contribution in [1.82, 2.24) is 20.2 Å². The van der Waals surface area contributed by atoms with Crippen LogP contribution in [0.1, 0.15) is 35.3 Å². The second-order valence-electron chi connectivity index (χ2n) is 6.55. The molecule has 0 saturated carbocycles. The van der Waals surface area contributed by atoms with Gasteiger partial charge in [0.25, 0.3) is 0 Å². The molecule has 0 fully saturated rings.